The minimum Gasteiger partial charge on any atom is -0.508 e. The van der Waals surface area contributed by atoms with Gasteiger partial charge in [0.15, 0.2) is 5.78 Å². The van der Waals surface area contributed by atoms with Gasteiger partial charge < -0.3 is 9.84 Å². The number of hydrogen-bond acceptors (Lipinski definition) is 4. The van der Waals surface area contributed by atoms with Crippen LogP contribution in [0.1, 0.15) is 23.5 Å². The molecule has 0 saturated carbocycles. The Morgan fingerprint density at radius 1 is 1.50 bits per heavy atom. The molecule has 0 heterocycles. The lowest BCUT2D eigenvalue weighted by Gasteiger charge is -2.28. The Labute approximate surface area is 92.8 Å². The lowest BCUT2D eigenvalue weighted by molar-refractivity contribution is -0.143. The number of ether oxygens (including phenoxy) is 1. The molecule has 2 rings (SSSR count). The van der Waals surface area contributed by atoms with Crippen LogP contribution in [-0.4, -0.2) is 24.0 Å². The molecule has 0 amide bonds. The van der Waals surface area contributed by atoms with Gasteiger partial charge in [0.05, 0.1) is 7.11 Å². The lowest BCUT2D eigenvalue weighted by Crippen LogP contribution is -2.27. The Hall–Kier alpha value is -1.84. The van der Waals surface area contributed by atoms with E-state index in [4.69, 9.17) is 0 Å². The summed E-state index contributed by atoms with van der Waals surface area (Å²) in [5, 5.41) is 9.22. The summed E-state index contributed by atoms with van der Waals surface area (Å²) < 4.78 is 4.45. The number of carbonyl (C=O) groups is 2. The molecule has 0 bridgehead atoms. The van der Waals surface area contributed by atoms with Gasteiger partial charge in [0, 0.05) is 5.92 Å². The van der Waals surface area contributed by atoms with Crippen LogP contribution in [0, 0.1) is 0 Å². The predicted molar refractivity (Wildman–Crippen MR) is 56.2 cm³/mol. The van der Waals surface area contributed by atoms with Crippen molar-refractivity contribution in [3.05, 3.63) is 29.3 Å². The molecule has 4 heteroatoms. The van der Waals surface area contributed by atoms with E-state index in [0.29, 0.717) is 6.42 Å². The first kappa shape index (κ1) is 10.7. The van der Waals surface area contributed by atoms with E-state index >= 15 is 0 Å². The maximum Gasteiger partial charge on any atom is 0.313 e. The molecule has 1 aliphatic carbocycles. The van der Waals surface area contributed by atoms with Gasteiger partial charge in [-0.2, -0.15) is 0 Å². The van der Waals surface area contributed by atoms with E-state index in [1.807, 2.05) is 0 Å². The first-order valence-electron chi connectivity index (χ1n) is 5.03. The summed E-state index contributed by atoms with van der Waals surface area (Å²) in [4.78, 5) is 22.6. The van der Waals surface area contributed by atoms with Crippen molar-refractivity contribution in [1.82, 2.24) is 0 Å². The zero-order chi connectivity index (χ0) is 11.7. The van der Waals surface area contributed by atoms with Crippen LogP contribution in [0.3, 0.4) is 0 Å². The summed E-state index contributed by atoms with van der Waals surface area (Å²) >= 11 is 0. The van der Waals surface area contributed by atoms with Crippen molar-refractivity contribution in [1.29, 1.82) is 0 Å². The molecule has 1 N–H and O–H groups in total. The third-order valence-electron chi connectivity index (χ3n) is 2.86. The number of benzene rings is 1. The largest absolute Gasteiger partial charge is 0.508 e. The van der Waals surface area contributed by atoms with Crippen molar-refractivity contribution in [2.24, 2.45) is 0 Å². The smallest absolute Gasteiger partial charge is 0.313 e. The first-order chi connectivity index (χ1) is 7.61. The Morgan fingerprint density at radius 2 is 2.25 bits per heavy atom. The molecule has 0 saturated heterocycles. The summed E-state index contributed by atoms with van der Waals surface area (Å²) in [5.41, 5.74) is 1.88. The molecule has 0 aromatic heterocycles. The van der Waals surface area contributed by atoms with E-state index in [1.165, 1.54) is 7.11 Å². The standard InChI is InChI=1S/C12H12O4/c1-16-12(15)6-11(14)10-5-7-4-8(13)2-3-9(7)10/h2-4,10,13H,5-6H2,1H3. The summed E-state index contributed by atoms with van der Waals surface area (Å²) in [6, 6.07) is 4.93. The van der Waals surface area contributed by atoms with E-state index in [9.17, 15) is 14.7 Å². The van der Waals surface area contributed by atoms with E-state index < -0.39 is 5.97 Å². The van der Waals surface area contributed by atoms with Gasteiger partial charge in [0.1, 0.15) is 12.2 Å². The Balaban J connectivity index is 2.07. The topological polar surface area (TPSA) is 63.6 Å². The lowest BCUT2D eigenvalue weighted by atomic mass is 9.74. The Kier molecular flexibility index (Phi) is 2.64. The molecule has 16 heavy (non-hydrogen) atoms. The molecule has 4 nitrogen and oxygen atoms in total. The maximum atomic E-state index is 11.7. The summed E-state index contributed by atoms with van der Waals surface area (Å²) in [6.45, 7) is 0. The highest BCUT2D eigenvalue weighted by atomic mass is 16.5. The third kappa shape index (κ3) is 1.78. The summed E-state index contributed by atoms with van der Waals surface area (Å²) in [5.74, 6) is -0.630. The zero-order valence-electron chi connectivity index (χ0n) is 8.90. The molecule has 1 aromatic rings. The number of phenolic OH excluding ortho intramolecular Hbond substituents is 1. The number of Topliss-reactive ketones (excluding diaryl/α,β-unsaturated/α-hetero) is 1. The highest BCUT2D eigenvalue weighted by molar-refractivity contribution is 6.00. The van der Waals surface area contributed by atoms with Crippen LogP contribution in [0.2, 0.25) is 0 Å². The third-order valence-corrected chi connectivity index (χ3v) is 2.86. The fourth-order valence-corrected chi connectivity index (χ4v) is 1.93. The molecule has 1 aromatic carbocycles. The fourth-order valence-electron chi connectivity index (χ4n) is 1.93. The van der Waals surface area contributed by atoms with Gasteiger partial charge in [0.25, 0.3) is 0 Å². The Bertz CT molecular complexity index is 450. The SMILES string of the molecule is COC(=O)CC(=O)C1Cc2cc(O)ccc21. The second kappa shape index (κ2) is 3.96. The number of esters is 1. The van der Waals surface area contributed by atoms with E-state index in [2.05, 4.69) is 4.74 Å². The average molecular weight is 220 g/mol. The summed E-state index contributed by atoms with van der Waals surface area (Å²) in [6.07, 6.45) is 0.418. The van der Waals surface area contributed by atoms with Crippen molar-refractivity contribution in [2.75, 3.05) is 7.11 Å². The Morgan fingerprint density at radius 3 is 2.88 bits per heavy atom. The van der Waals surface area contributed by atoms with Crippen LogP contribution >= 0.6 is 0 Å². The second-order valence-electron chi connectivity index (χ2n) is 3.86. The number of methoxy groups -OCH3 is 1. The molecule has 0 aliphatic heterocycles. The molecule has 0 spiro atoms. The number of ketones is 1. The van der Waals surface area contributed by atoms with Crippen LogP contribution in [0.25, 0.3) is 0 Å². The van der Waals surface area contributed by atoms with Crippen molar-refractivity contribution < 1.29 is 19.4 Å². The number of fused-ring (bicyclic) bond motifs is 1. The van der Waals surface area contributed by atoms with Crippen LogP contribution in [0.5, 0.6) is 5.75 Å². The van der Waals surface area contributed by atoms with Crippen molar-refractivity contribution in [3.8, 4) is 5.75 Å². The monoisotopic (exact) mass is 220 g/mol. The fraction of sp³-hybridized carbons (Fsp3) is 0.333. The van der Waals surface area contributed by atoms with Crippen LogP contribution in [0.4, 0.5) is 0 Å². The minimum atomic E-state index is -0.503. The molecular weight excluding hydrogens is 208 g/mol. The van der Waals surface area contributed by atoms with E-state index in [1.54, 1.807) is 18.2 Å². The van der Waals surface area contributed by atoms with Crippen molar-refractivity contribution in [3.63, 3.8) is 0 Å². The normalized spacial score (nSPS) is 17.2. The van der Waals surface area contributed by atoms with Crippen LogP contribution in [-0.2, 0) is 20.7 Å². The first-order valence-corrected chi connectivity index (χ1v) is 5.03. The van der Waals surface area contributed by atoms with Gasteiger partial charge in [-0.1, -0.05) is 6.07 Å². The number of carbonyl (C=O) groups excluding carboxylic acids is 2. The van der Waals surface area contributed by atoms with Gasteiger partial charge in [-0.3, -0.25) is 9.59 Å². The molecule has 84 valence electrons. The second-order valence-corrected chi connectivity index (χ2v) is 3.86. The maximum absolute atomic E-state index is 11.7. The van der Waals surface area contributed by atoms with Gasteiger partial charge in [-0.25, -0.2) is 0 Å². The molecule has 1 unspecified atom stereocenters. The number of aromatic hydroxyl groups is 1. The highest BCUT2D eigenvalue weighted by Gasteiger charge is 2.33. The van der Waals surface area contributed by atoms with E-state index in [0.717, 1.165) is 11.1 Å². The minimum absolute atomic E-state index is 0.120. The van der Waals surface area contributed by atoms with Gasteiger partial charge in [0.2, 0.25) is 0 Å². The molecule has 0 fully saturated rings. The predicted octanol–water partition coefficient (Wildman–Crippen LogP) is 1.16. The molecular formula is C12H12O4. The number of rotatable bonds is 3. The molecule has 1 aliphatic rings. The zero-order valence-corrected chi connectivity index (χ0v) is 8.90. The van der Waals surface area contributed by atoms with Gasteiger partial charge >= 0.3 is 5.97 Å². The van der Waals surface area contributed by atoms with Crippen LogP contribution in [0.15, 0.2) is 18.2 Å². The van der Waals surface area contributed by atoms with Gasteiger partial charge in [-0.05, 0) is 29.7 Å². The van der Waals surface area contributed by atoms with Crippen molar-refractivity contribution >= 4 is 11.8 Å². The molecule has 0 radical (unpaired) electrons. The molecule has 1 atom stereocenters. The highest BCUT2D eigenvalue weighted by Crippen LogP contribution is 2.38. The van der Waals surface area contributed by atoms with Crippen molar-refractivity contribution in [2.45, 2.75) is 18.8 Å². The van der Waals surface area contributed by atoms with Gasteiger partial charge in [-0.15, -0.1) is 0 Å². The average Bonchev–Trinajstić information content (AvgIpc) is 2.21. The number of hydrogen-bond donors (Lipinski definition) is 1. The van der Waals surface area contributed by atoms with E-state index in [-0.39, 0.29) is 23.9 Å². The summed E-state index contributed by atoms with van der Waals surface area (Å²) in [7, 11) is 1.27. The van der Waals surface area contributed by atoms with Crippen LogP contribution < -0.4 is 0 Å². The number of phenols is 1. The quantitative estimate of drug-likeness (QED) is 0.613.